The summed E-state index contributed by atoms with van der Waals surface area (Å²) in [5.41, 5.74) is 0.904. The Morgan fingerprint density at radius 1 is 1.38 bits per heavy atom. The quantitative estimate of drug-likeness (QED) is 0.625. The molecule has 1 atom stereocenters. The van der Waals surface area contributed by atoms with Gasteiger partial charge in [-0.3, -0.25) is 4.90 Å². The Labute approximate surface area is 145 Å². The molecule has 1 heterocycles. The SMILES string of the molecule is CCNC(=NCc1ccccc1Cl)NC1CCN(CC(F)(F)F)C1. The lowest BCUT2D eigenvalue weighted by Gasteiger charge is -2.19. The molecule has 0 bridgehead atoms. The second-order valence-corrected chi connectivity index (χ2v) is 6.17. The third-order valence-corrected chi connectivity index (χ3v) is 4.09. The number of benzene rings is 1. The van der Waals surface area contributed by atoms with E-state index in [9.17, 15) is 13.2 Å². The fourth-order valence-corrected chi connectivity index (χ4v) is 2.85. The first-order chi connectivity index (χ1) is 11.4. The summed E-state index contributed by atoms with van der Waals surface area (Å²) >= 11 is 6.11. The maximum atomic E-state index is 12.5. The summed E-state index contributed by atoms with van der Waals surface area (Å²) in [6, 6.07) is 7.40. The Bertz CT molecular complexity index is 562. The van der Waals surface area contributed by atoms with Crippen LogP contribution in [-0.2, 0) is 6.54 Å². The van der Waals surface area contributed by atoms with Gasteiger partial charge in [-0.15, -0.1) is 0 Å². The average molecular weight is 363 g/mol. The Hall–Kier alpha value is -1.47. The largest absolute Gasteiger partial charge is 0.401 e. The molecule has 1 aliphatic heterocycles. The molecule has 1 saturated heterocycles. The first kappa shape index (κ1) is 18.9. The summed E-state index contributed by atoms with van der Waals surface area (Å²) in [7, 11) is 0. The van der Waals surface area contributed by atoms with E-state index in [1.807, 2.05) is 25.1 Å². The van der Waals surface area contributed by atoms with Crippen LogP contribution in [0, 0.1) is 0 Å². The highest BCUT2D eigenvalue weighted by Crippen LogP contribution is 2.20. The van der Waals surface area contributed by atoms with Crippen LogP contribution >= 0.6 is 11.6 Å². The predicted molar refractivity (Wildman–Crippen MR) is 90.3 cm³/mol. The first-order valence-electron chi connectivity index (χ1n) is 7.94. The summed E-state index contributed by atoms with van der Waals surface area (Å²) < 4.78 is 37.4. The van der Waals surface area contributed by atoms with Gasteiger partial charge in [-0.05, 0) is 25.0 Å². The topological polar surface area (TPSA) is 39.7 Å². The molecule has 0 radical (unpaired) electrons. The van der Waals surface area contributed by atoms with Gasteiger partial charge in [0.25, 0.3) is 0 Å². The molecule has 2 rings (SSSR count). The van der Waals surface area contributed by atoms with Crippen molar-refractivity contribution in [3.05, 3.63) is 34.9 Å². The van der Waals surface area contributed by atoms with Crippen LogP contribution in [-0.4, -0.2) is 49.3 Å². The van der Waals surface area contributed by atoms with Crippen molar-refractivity contribution >= 4 is 17.6 Å². The molecule has 0 spiro atoms. The molecular weight excluding hydrogens is 341 g/mol. The predicted octanol–water partition coefficient (Wildman–Crippen LogP) is 3.03. The Morgan fingerprint density at radius 2 is 2.12 bits per heavy atom. The highest BCUT2D eigenvalue weighted by molar-refractivity contribution is 6.31. The van der Waals surface area contributed by atoms with Gasteiger partial charge in [-0.1, -0.05) is 29.8 Å². The third kappa shape index (κ3) is 6.20. The van der Waals surface area contributed by atoms with Crippen molar-refractivity contribution in [1.82, 2.24) is 15.5 Å². The Balaban J connectivity index is 1.92. The van der Waals surface area contributed by atoms with Gasteiger partial charge >= 0.3 is 6.18 Å². The number of hydrogen-bond acceptors (Lipinski definition) is 2. The van der Waals surface area contributed by atoms with Gasteiger partial charge in [0.05, 0.1) is 13.1 Å². The molecule has 24 heavy (non-hydrogen) atoms. The van der Waals surface area contributed by atoms with Crippen LogP contribution in [0.5, 0.6) is 0 Å². The van der Waals surface area contributed by atoms with E-state index in [4.69, 9.17) is 11.6 Å². The number of nitrogens with zero attached hydrogens (tertiary/aromatic N) is 2. The number of nitrogens with one attached hydrogen (secondary N) is 2. The Kier molecular flexibility index (Phi) is 6.74. The fraction of sp³-hybridized carbons (Fsp3) is 0.562. The highest BCUT2D eigenvalue weighted by atomic mass is 35.5. The molecule has 0 aliphatic carbocycles. The van der Waals surface area contributed by atoms with Crippen LogP contribution < -0.4 is 10.6 Å². The monoisotopic (exact) mass is 362 g/mol. The molecule has 0 aromatic heterocycles. The van der Waals surface area contributed by atoms with Crippen molar-refractivity contribution in [1.29, 1.82) is 0 Å². The van der Waals surface area contributed by atoms with E-state index >= 15 is 0 Å². The van der Waals surface area contributed by atoms with E-state index in [0.29, 0.717) is 43.6 Å². The summed E-state index contributed by atoms with van der Waals surface area (Å²) in [4.78, 5) is 5.89. The zero-order chi connectivity index (χ0) is 17.6. The molecule has 0 saturated carbocycles. The van der Waals surface area contributed by atoms with Crippen LogP contribution in [0.4, 0.5) is 13.2 Å². The van der Waals surface area contributed by atoms with Crippen molar-refractivity contribution in [2.75, 3.05) is 26.2 Å². The van der Waals surface area contributed by atoms with E-state index in [2.05, 4.69) is 15.6 Å². The highest BCUT2D eigenvalue weighted by Gasteiger charge is 2.34. The minimum absolute atomic E-state index is 0.0450. The summed E-state index contributed by atoms with van der Waals surface area (Å²) in [6.07, 6.45) is -3.50. The molecule has 1 aliphatic rings. The minimum Gasteiger partial charge on any atom is -0.357 e. The molecule has 0 amide bonds. The summed E-state index contributed by atoms with van der Waals surface area (Å²) in [5.74, 6) is 0.594. The maximum absolute atomic E-state index is 12.5. The smallest absolute Gasteiger partial charge is 0.357 e. The zero-order valence-electron chi connectivity index (χ0n) is 13.5. The van der Waals surface area contributed by atoms with E-state index in [1.54, 1.807) is 6.07 Å². The van der Waals surface area contributed by atoms with Crippen LogP contribution in [0.15, 0.2) is 29.3 Å². The number of halogens is 4. The normalized spacial score (nSPS) is 19.5. The molecule has 1 aromatic carbocycles. The van der Waals surface area contributed by atoms with Gasteiger partial charge in [0, 0.05) is 30.7 Å². The van der Waals surface area contributed by atoms with Crippen molar-refractivity contribution in [2.45, 2.75) is 32.1 Å². The van der Waals surface area contributed by atoms with E-state index in [0.717, 1.165) is 5.56 Å². The van der Waals surface area contributed by atoms with Gasteiger partial charge in [0.2, 0.25) is 0 Å². The fourth-order valence-electron chi connectivity index (χ4n) is 2.65. The van der Waals surface area contributed by atoms with E-state index < -0.39 is 12.7 Å². The lowest BCUT2D eigenvalue weighted by Crippen LogP contribution is -2.45. The zero-order valence-corrected chi connectivity index (χ0v) is 14.3. The third-order valence-electron chi connectivity index (χ3n) is 3.73. The number of aliphatic imine (C=N–C) groups is 1. The lowest BCUT2D eigenvalue weighted by molar-refractivity contribution is -0.143. The molecule has 1 aromatic rings. The van der Waals surface area contributed by atoms with Crippen molar-refractivity contribution in [3.8, 4) is 0 Å². The summed E-state index contributed by atoms with van der Waals surface area (Å²) in [5, 5.41) is 6.97. The first-order valence-corrected chi connectivity index (χ1v) is 8.32. The second-order valence-electron chi connectivity index (χ2n) is 5.77. The van der Waals surface area contributed by atoms with Gasteiger partial charge in [0.15, 0.2) is 5.96 Å². The maximum Gasteiger partial charge on any atom is 0.401 e. The molecule has 1 unspecified atom stereocenters. The van der Waals surface area contributed by atoms with Crippen LogP contribution in [0.2, 0.25) is 5.02 Å². The minimum atomic E-state index is -4.16. The Morgan fingerprint density at radius 3 is 2.79 bits per heavy atom. The number of guanidine groups is 1. The average Bonchev–Trinajstić information content (AvgIpc) is 2.91. The molecule has 4 nitrogen and oxygen atoms in total. The van der Waals surface area contributed by atoms with Crippen LogP contribution in [0.1, 0.15) is 18.9 Å². The van der Waals surface area contributed by atoms with Crippen molar-refractivity contribution in [3.63, 3.8) is 0 Å². The molecule has 8 heteroatoms. The number of likely N-dealkylation sites (tertiary alicyclic amines) is 1. The number of rotatable bonds is 5. The number of hydrogen-bond donors (Lipinski definition) is 2. The second kappa shape index (κ2) is 8.58. The van der Waals surface area contributed by atoms with Gasteiger partial charge < -0.3 is 10.6 Å². The standard InChI is InChI=1S/C16H22ClF3N4/c1-2-21-15(22-9-12-5-3-4-6-14(12)17)23-13-7-8-24(10-13)11-16(18,19)20/h3-6,13H,2,7-11H2,1H3,(H2,21,22,23). The van der Waals surface area contributed by atoms with Crippen molar-refractivity contribution in [2.24, 2.45) is 4.99 Å². The molecule has 1 fully saturated rings. The molecular formula is C16H22ClF3N4. The van der Waals surface area contributed by atoms with Gasteiger partial charge in [-0.2, -0.15) is 13.2 Å². The van der Waals surface area contributed by atoms with E-state index in [-0.39, 0.29) is 6.04 Å². The summed E-state index contributed by atoms with van der Waals surface area (Å²) in [6.45, 7) is 2.95. The number of alkyl halides is 3. The van der Waals surface area contributed by atoms with E-state index in [1.165, 1.54) is 4.90 Å². The van der Waals surface area contributed by atoms with Gasteiger partial charge in [-0.25, -0.2) is 4.99 Å². The van der Waals surface area contributed by atoms with Gasteiger partial charge in [0.1, 0.15) is 0 Å². The lowest BCUT2D eigenvalue weighted by atomic mass is 10.2. The van der Waals surface area contributed by atoms with Crippen LogP contribution in [0.25, 0.3) is 0 Å². The van der Waals surface area contributed by atoms with Crippen molar-refractivity contribution < 1.29 is 13.2 Å². The van der Waals surface area contributed by atoms with Crippen LogP contribution in [0.3, 0.4) is 0 Å². The molecule has 2 N–H and O–H groups in total. The molecule has 134 valence electrons.